The van der Waals surface area contributed by atoms with E-state index in [1.54, 1.807) is 0 Å². The fourth-order valence-corrected chi connectivity index (χ4v) is 1.23. The van der Waals surface area contributed by atoms with Crippen molar-refractivity contribution in [3.63, 3.8) is 0 Å². The first-order valence-corrected chi connectivity index (χ1v) is 5.45. The highest BCUT2D eigenvalue weighted by Crippen LogP contribution is 2.23. The Morgan fingerprint density at radius 1 is 1.35 bits per heavy atom. The molecule has 0 heterocycles. The Kier molecular flexibility index (Phi) is 5.61. The number of hydrogen-bond donors (Lipinski definition) is 1. The Bertz CT molecular complexity index is 224. The summed E-state index contributed by atoms with van der Waals surface area (Å²) < 4.78 is 58.6. The Labute approximate surface area is 97.5 Å². The number of hydrogen-bond acceptors (Lipinski definition) is 3. The minimum absolute atomic E-state index is 0.0963. The lowest BCUT2D eigenvalue weighted by Gasteiger charge is -2.21. The van der Waals surface area contributed by atoms with Gasteiger partial charge in [-0.25, -0.2) is 8.78 Å². The lowest BCUT2D eigenvalue weighted by Crippen LogP contribution is -2.39. The Morgan fingerprint density at radius 2 is 2.00 bits per heavy atom. The average Bonchev–Trinajstić information content (AvgIpc) is 3.06. The number of ether oxygens (including phenoxy) is 2. The first kappa shape index (κ1) is 14.7. The molecule has 1 unspecified atom stereocenters. The first-order chi connectivity index (χ1) is 7.95. The molecule has 0 saturated heterocycles. The van der Waals surface area contributed by atoms with Crippen molar-refractivity contribution in [3.05, 3.63) is 0 Å². The van der Waals surface area contributed by atoms with Gasteiger partial charge in [0.25, 0.3) is 0 Å². The van der Waals surface area contributed by atoms with Crippen LogP contribution in [0, 0.1) is 0 Å². The summed E-state index contributed by atoms with van der Waals surface area (Å²) in [6.07, 6.45) is -2.24. The van der Waals surface area contributed by atoms with E-state index >= 15 is 0 Å². The average molecular weight is 259 g/mol. The lowest BCUT2D eigenvalue weighted by molar-refractivity contribution is -0.179. The third-order valence-electron chi connectivity index (χ3n) is 2.39. The number of halogens is 4. The molecule has 1 saturated carbocycles. The molecular weight excluding hydrogens is 242 g/mol. The van der Waals surface area contributed by atoms with Crippen LogP contribution < -0.4 is 5.32 Å². The zero-order chi connectivity index (χ0) is 12.9. The van der Waals surface area contributed by atoms with Gasteiger partial charge in [0, 0.05) is 19.7 Å². The summed E-state index contributed by atoms with van der Waals surface area (Å²) in [7, 11) is 1.40. The molecule has 102 valence electrons. The molecule has 0 aromatic carbocycles. The van der Waals surface area contributed by atoms with E-state index in [0.29, 0.717) is 12.6 Å². The number of nitrogens with one attached hydrogen (secondary N) is 1. The predicted octanol–water partition coefficient (Wildman–Crippen LogP) is 1.67. The molecule has 0 aromatic rings. The second-order valence-corrected chi connectivity index (χ2v) is 4.13. The maximum absolute atomic E-state index is 12.6. The molecule has 0 aromatic heterocycles. The van der Waals surface area contributed by atoms with E-state index in [0.717, 1.165) is 12.8 Å². The molecule has 3 nitrogen and oxygen atoms in total. The second-order valence-electron chi connectivity index (χ2n) is 4.13. The molecule has 7 heteroatoms. The summed E-state index contributed by atoms with van der Waals surface area (Å²) in [4.78, 5) is 0. The van der Waals surface area contributed by atoms with E-state index in [-0.39, 0.29) is 6.61 Å². The summed E-state index contributed by atoms with van der Waals surface area (Å²) in [6, 6.07) is 0.397. The maximum atomic E-state index is 12.6. The van der Waals surface area contributed by atoms with E-state index < -0.39 is 25.1 Å². The molecule has 1 fully saturated rings. The summed E-state index contributed by atoms with van der Waals surface area (Å²) in [6.45, 7) is -0.859. The first-order valence-electron chi connectivity index (χ1n) is 5.45. The molecule has 1 N–H and O–H groups in total. The van der Waals surface area contributed by atoms with Crippen LogP contribution >= 0.6 is 0 Å². The van der Waals surface area contributed by atoms with E-state index in [1.807, 2.05) is 0 Å². The summed E-state index contributed by atoms with van der Waals surface area (Å²) >= 11 is 0. The van der Waals surface area contributed by atoms with Crippen LogP contribution in [0.1, 0.15) is 12.8 Å². The zero-order valence-electron chi connectivity index (χ0n) is 9.60. The van der Waals surface area contributed by atoms with Gasteiger partial charge in [-0.05, 0) is 12.8 Å². The highest BCUT2D eigenvalue weighted by molar-refractivity contribution is 4.82. The van der Waals surface area contributed by atoms with Crippen LogP contribution in [0.4, 0.5) is 17.6 Å². The molecule has 0 spiro atoms. The Balaban J connectivity index is 2.26. The van der Waals surface area contributed by atoms with Crippen LogP contribution in [-0.2, 0) is 9.47 Å². The third-order valence-corrected chi connectivity index (χ3v) is 2.39. The molecule has 0 radical (unpaired) electrons. The largest absolute Gasteiger partial charge is 0.382 e. The van der Waals surface area contributed by atoms with Crippen molar-refractivity contribution < 1.29 is 27.0 Å². The standard InChI is InChI=1S/C10H17F4NO2/c1-16-5-8(4-15-7-2-3-7)17-6-10(13,14)9(11)12/h7-9,15H,2-6H2,1H3. The molecule has 0 aliphatic heterocycles. The van der Waals surface area contributed by atoms with Crippen molar-refractivity contribution in [2.75, 3.05) is 26.9 Å². The monoisotopic (exact) mass is 259 g/mol. The van der Waals surface area contributed by atoms with Gasteiger partial charge in [-0.1, -0.05) is 0 Å². The van der Waals surface area contributed by atoms with Crippen molar-refractivity contribution in [3.8, 4) is 0 Å². The fourth-order valence-electron chi connectivity index (χ4n) is 1.23. The topological polar surface area (TPSA) is 30.5 Å². The molecule has 1 atom stereocenters. The zero-order valence-corrected chi connectivity index (χ0v) is 9.60. The quantitative estimate of drug-likeness (QED) is 0.639. The normalized spacial score (nSPS) is 18.7. The third kappa shape index (κ3) is 5.65. The van der Waals surface area contributed by atoms with Crippen LogP contribution in [0.25, 0.3) is 0 Å². The maximum Gasteiger partial charge on any atom is 0.330 e. The van der Waals surface area contributed by atoms with Crippen molar-refractivity contribution >= 4 is 0 Å². The molecule has 0 bridgehead atoms. The highest BCUT2D eigenvalue weighted by Gasteiger charge is 2.41. The molecule has 17 heavy (non-hydrogen) atoms. The molecular formula is C10H17F4NO2. The molecule has 1 aliphatic carbocycles. The predicted molar refractivity (Wildman–Crippen MR) is 53.6 cm³/mol. The minimum Gasteiger partial charge on any atom is -0.382 e. The number of methoxy groups -OCH3 is 1. The molecule has 1 rings (SSSR count). The van der Waals surface area contributed by atoms with E-state index in [2.05, 4.69) is 5.32 Å². The van der Waals surface area contributed by atoms with Crippen LogP contribution in [-0.4, -0.2) is 51.4 Å². The number of alkyl halides is 4. The Hall–Kier alpha value is -0.400. The van der Waals surface area contributed by atoms with Gasteiger partial charge in [0.05, 0.1) is 12.7 Å². The van der Waals surface area contributed by atoms with Crippen molar-refractivity contribution in [1.29, 1.82) is 0 Å². The number of rotatable bonds is 9. The summed E-state index contributed by atoms with van der Waals surface area (Å²) in [5.74, 6) is -4.11. The molecule has 1 aliphatic rings. The van der Waals surface area contributed by atoms with Crippen molar-refractivity contribution in [1.82, 2.24) is 5.32 Å². The molecule has 0 amide bonds. The van der Waals surface area contributed by atoms with E-state index in [1.165, 1.54) is 7.11 Å². The summed E-state index contributed by atoms with van der Waals surface area (Å²) in [5.41, 5.74) is 0. The van der Waals surface area contributed by atoms with Crippen molar-refractivity contribution in [2.45, 2.75) is 37.3 Å². The van der Waals surface area contributed by atoms with Gasteiger partial charge < -0.3 is 14.8 Å². The van der Waals surface area contributed by atoms with Crippen LogP contribution in [0.5, 0.6) is 0 Å². The van der Waals surface area contributed by atoms with Crippen LogP contribution in [0.3, 0.4) is 0 Å². The van der Waals surface area contributed by atoms with E-state index in [4.69, 9.17) is 9.47 Å². The minimum atomic E-state index is -4.11. The SMILES string of the molecule is COCC(CNC1CC1)OCC(F)(F)C(F)F. The van der Waals surface area contributed by atoms with Gasteiger partial charge in [0.1, 0.15) is 6.61 Å². The van der Waals surface area contributed by atoms with Gasteiger partial charge in [0.15, 0.2) is 0 Å². The van der Waals surface area contributed by atoms with Crippen LogP contribution in [0.15, 0.2) is 0 Å². The van der Waals surface area contributed by atoms with Gasteiger partial charge in [-0.15, -0.1) is 0 Å². The van der Waals surface area contributed by atoms with Crippen LogP contribution in [0.2, 0.25) is 0 Å². The highest BCUT2D eigenvalue weighted by atomic mass is 19.3. The second kappa shape index (κ2) is 6.51. The van der Waals surface area contributed by atoms with Gasteiger partial charge in [0.2, 0.25) is 0 Å². The smallest absolute Gasteiger partial charge is 0.330 e. The fraction of sp³-hybridized carbons (Fsp3) is 1.00. The van der Waals surface area contributed by atoms with Gasteiger partial charge >= 0.3 is 12.3 Å². The van der Waals surface area contributed by atoms with Gasteiger partial charge in [-0.3, -0.25) is 0 Å². The van der Waals surface area contributed by atoms with Crippen molar-refractivity contribution in [2.24, 2.45) is 0 Å². The summed E-state index contributed by atoms with van der Waals surface area (Å²) in [5, 5.41) is 3.07. The van der Waals surface area contributed by atoms with Gasteiger partial charge in [-0.2, -0.15) is 8.78 Å². The Morgan fingerprint density at radius 3 is 2.47 bits per heavy atom. The van der Waals surface area contributed by atoms with E-state index in [9.17, 15) is 17.6 Å². The lowest BCUT2D eigenvalue weighted by atomic mass is 10.3.